The van der Waals surface area contributed by atoms with Crippen LogP contribution in [-0.2, 0) is 0 Å². The Labute approximate surface area is 365 Å². The Morgan fingerprint density at radius 2 is 0.969 bits per heavy atom. The lowest BCUT2D eigenvalue weighted by Gasteiger charge is -2.21. The molecular weight excluding hydrogens is 871 g/mol. The second-order valence-electron chi connectivity index (χ2n) is 13.9. The summed E-state index contributed by atoms with van der Waals surface area (Å²) >= 11 is 0. The van der Waals surface area contributed by atoms with Gasteiger partial charge in [-0.2, -0.15) is 16.8 Å². The summed E-state index contributed by atoms with van der Waals surface area (Å²) in [6.07, 6.45) is -7.57. The lowest BCUT2D eigenvalue weighted by molar-refractivity contribution is -0.275. The minimum Gasteiger partial charge on any atom is -0.406 e. The monoisotopic (exact) mass is 902 g/mol. The highest BCUT2D eigenvalue weighted by molar-refractivity contribution is 6.02. The lowest BCUT2D eigenvalue weighted by atomic mass is 10.00. The van der Waals surface area contributed by atoms with Crippen molar-refractivity contribution in [1.82, 2.24) is 9.91 Å². The van der Waals surface area contributed by atoms with Crippen molar-refractivity contribution in [2.75, 3.05) is 13.1 Å². The summed E-state index contributed by atoms with van der Waals surface area (Å²) in [7, 11) is 0. The van der Waals surface area contributed by atoms with E-state index in [-0.39, 0.29) is 54.8 Å². The van der Waals surface area contributed by atoms with E-state index in [1.165, 1.54) is 65.6 Å². The third-order valence-corrected chi connectivity index (χ3v) is 9.86. The molecule has 0 N–H and O–H groups in total. The molecule has 2 heterocycles. The molecule has 65 heavy (non-hydrogen) atoms. The van der Waals surface area contributed by atoms with Crippen LogP contribution in [0.2, 0.25) is 0 Å². The van der Waals surface area contributed by atoms with E-state index < -0.39 is 48.1 Å². The average molecular weight is 903 g/mol. The minimum absolute atomic E-state index is 0. The van der Waals surface area contributed by atoms with Crippen molar-refractivity contribution in [1.29, 1.82) is 5.26 Å². The molecule has 6 aromatic rings. The number of benzene rings is 6. The highest BCUT2D eigenvalue weighted by atomic mass is 19.4. The van der Waals surface area contributed by atoms with Gasteiger partial charge in [-0.3, -0.25) is 14.9 Å². The van der Waals surface area contributed by atoms with Gasteiger partial charge in [0.2, 0.25) is 5.84 Å². The van der Waals surface area contributed by atoms with Crippen LogP contribution in [0.15, 0.2) is 143 Å². The predicted molar refractivity (Wildman–Crippen MR) is 221 cm³/mol. The molecule has 2 aliphatic rings. The summed E-state index contributed by atoms with van der Waals surface area (Å²) in [5.41, 5.74) is 3.55. The molecule has 2 unspecified atom stereocenters. The van der Waals surface area contributed by atoms with Gasteiger partial charge < -0.3 is 9.47 Å². The number of alkyl halides is 6. The number of aliphatic imine (C=N–C) groups is 2. The Hall–Kier alpha value is -7.86. The van der Waals surface area contributed by atoms with Gasteiger partial charge in [-0.25, -0.2) is 17.6 Å². The summed E-state index contributed by atoms with van der Waals surface area (Å²) in [6.45, 7) is 7.61. The number of halogens is 10. The molecule has 8 nitrogen and oxygen atoms in total. The Morgan fingerprint density at radius 3 is 1.35 bits per heavy atom. The van der Waals surface area contributed by atoms with Crippen LogP contribution in [0.1, 0.15) is 41.8 Å². The molecule has 18 heteroatoms. The number of amidine groups is 2. The van der Waals surface area contributed by atoms with Gasteiger partial charge in [0.1, 0.15) is 47.4 Å². The molecule has 2 atom stereocenters. The number of hydrogen-bond donors (Lipinski definition) is 0. The van der Waals surface area contributed by atoms with E-state index in [4.69, 9.17) is 6.57 Å². The molecule has 0 saturated heterocycles. The van der Waals surface area contributed by atoms with E-state index in [2.05, 4.69) is 24.4 Å². The van der Waals surface area contributed by atoms with Crippen LogP contribution in [0.5, 0.6) is 11.5 Å². The smallest absolute Gasteiger partial charge is 0.406 e. The zero-order valence-corrected chi connectivity index (χ0v) is 32.6. The highest BCUT2D eigenvalue weighted by Crippen LogP contribution is 2.34. The third-order valence-electron chi connectivity index (χ3n) is 9.86. The Morgan fingerprint density at radius 1 is 0.585 bits per heavy atom. The molecule has 0 amide bonds. The summed E-state index contributed by atoms with van der Waals surface area (Å²) in [5, 5.41) is 10.7. The average Bonchev–Trinajstić information content (AvgIpc) is 3.88. The predicted octanol–water partition coefficient (Wildman–Crippen LogP) is 12.6. The van der Waals surface area contributed by atoms with Gasteiger partial charge in [0.25, 0.3) is 0 Å². The summed E-state index contributed by atoms with van der Waals surface area (Å²) in [5.74, 6) is -3.99. The van der Waals surface area contributed by atoms with Gasteiger partial charge in [0.15, 0.2) is 12.0 Å². The van der Waals surface area contributed by atoms with Gasteiger partial charge in [-0.1, -0.05) is 97.4 Å². The summed E-state index contributed by atoms with van der Waals surface area (Å²) in [6, 6.07) is 30.7. The fourth-order valence-electron chi connectivity index (χ4n) is 6.93. The number of ether oxygens (including phenoxy) is 2. The van der Waals surface area contributed by atoms with Crippen molar-refractivity contribution in [2.45, 2.75) is 32.2 Å². The minimum atomic E-state index is -4.76. The molecule has 0 radical (unpaired) electrons. The second-order valence-corrected chi connectivity index (χ2v) is 13.9. The first kappa shape index (κ1) is 46.6. The summed E-state index contributed by atoms with van der Waals surface area (Å²) in [4.78, 5) is 13.1. The Balaban J connectivity index is 0.000000212. The molecule has 332 valence electrons. The SMILES string of the molecule is C.N#CN1C(c2c(F)cccc2F)=NCC1c1ccc(-c2ccc(OC(F)(F)F)cc2)cc1.[C-]#[N+]N1CC(c2ccc(-c3ccc(OC(F)(F)F)cc3)cc2)N=C1c1c(F)cccc1F. The van der Waals surface area contributed by atoms with Gasteiger partial charge in [0, 0.05) is 0 Å². The fraction of sp³-hybridized carbons (Fsp3) is 0.149. The van der Waals surface area contributed by atoms with Crippen LogP contribution in [0.3, 0.4) is 0 Å². The van der Waals surface area contributed by atoms with Crippen LogP contribution in [-0.4, -0.2) is 47.4 Å². The van der Waals surface area contributed by atoms with Crippen LogP contribution in [0, 0.1) is 41.3 Å². The fourth-order valence-corrected chi connectivity index (χ4v) is 6.93. The Kier molecular flexibility index (Phi) is 13.8. The zero-order chi connectivity index (χ0) is 45.8. The van der Waals surface area contributed by atoms with Crippen LogP contribution >= 0.6 is 0 Å². The molecule has 6 aromatic carbocycles. The standard InChI is InChI=1S/2C23H14F5N3O.CH4/c1-29-31-13-20(30-22(31)21-18(24)3-2-4-19(21)25)16-7-5-14(6-8-16)15-9-11-17(12-10-15)32-23(26,27)28;24-18-2-1-3-19(25)21(18)22-30-12-20(31(22)13-29)16-6-4-14(5-7-16)15-8-10-17(11-9-15)32-23(26,27)28;/h2-12,20H,13H2;1-11,20H,12H2;1H4. The maximum atomic E-state index is 14.2. The van der Waals surface area contributed by atoms with E-state index in [0.29, 0.717) is 16.7 Å². The lowest BCUT2D eigenvalue weighted by Crippen LogP contribution is -2.28. The van der Waals surface area contributed by atoms with Gasteiger partial charge in [-0.05, 0) is 81.9 Å². The van der Waals surface area contributed by atoms with Crippen LogP contribution in [0.25, 0.3) is 27.2 Å². The Bertz CT molecular complexity index is 2740. The van der Waals surface area contributed by atoms with Crippen molar-refractivity contribution in [2.24, 2.45) is 9.98 Å². The first-order valence-corrected chi connectivity index (χ1v) is 18.8. The molecule has 2 aliphatic heterocycles. The van der Waals surface area contributed by atoms with E-state index in [0.717, 1.165) is 46.0 Å². The maximum absolute atomic E-state index is 14.2. The normalized spacial score (nSPS) is 15.7. The molecule has 0 aliphatic carbocycles. The van der Waals surface area contributed by atoms with E-state index >= 15 is 0 Å². The molecule has 8 rings (SSSR count). The van der Waals surface area contributed by atoms with Crippen molar-refractivity contribution in [3.63, 3.8) is 0 Å². The van der Waals surface area contributed by atoms with E-state index in [1.807, 2.05) is 6.19 Å². The molecule has 0 spiro atoms. The second kappa shape index (κ2) is 19.3. The van der Waals surface area contributed by atoms with Crippen LogP contribution in [0.4, 0.5) is 43.9 Å². The van der Waals surface area contributed by atoms with Crippen molar-refractivity contribution >= 4 is 11.7 Å². The topological polar surface area (TPSA) is 77.8 Å². The number of rotatable bonds is 8. The first-order chi connectivity index (χ1) is 30.5. The molecule has 0 aromatic heterocycles. The quantitative estimate of drug-likeness (QED) is 0.0864. The third kappa shape index (κ3) is 10.9. The van der Waals surface area contributed by atoms with Crippen molar-refractivity contribution in [3.8, 4) is 39.9 Å². The molecule has 0 fully saturated rings. The first-order valence-electron chi connectivity index (χ1n) is 18.8. The molecule has 0 saturated carbocycles. The van der Waals surface area contributed by atoms with Gasteiger partial charge >= 0.3 is 12.7 Å². The van der Waals surface area contributed by atoms with Crippen LogP contribution < -0.4 is 9.47 Å². The van der Waals surface area contributed by atoms with E-state index in [9.17, 15) is 49.2 Å². The van der Waals surface area contributed by atoms with E-state index in [1.54, 1.807) is 48.5 Å². The maximum Gasteiger partial charge on any atom is 0.573 e. The number of nitrogens with zero attached hydrogens (tertiary/aromatic N) is 6. The largest absolute Gasteiger partial charge is 0.573 e. The number of hydrogen-bond acceptors (Lipinski definition) is 7. The zero-order valence-electron chi connectivity index (χ0n) is 32.6. The number of nitriles is 1. The highest BCUT2D eigenvalue weighted by Gasteiger charge is 2.36. The van der Waals surface area contributed by atoms with Gasteiger partial charge in [0.05, 0.1) is 23.7 Å². The summed E-state index contributed by atoms with van der Waals surface area (Å²) < 4.78 is 138. The van der Waals surface area contributed by atoms with Gasteiger partial charge in [-0.15, -0.1) is 26.3 Å². The molecule has 0 bridgehead atoms. The molecular formula is C47H32F10N6O2. The van der Waals surface area contributed by atoms with Crippen molar-refractivity contribution < 1.29 is 53.4 Å². The van der Waals surface area contributed by atoms with Crippen molar-refractivity contribution in [3.05, 3.63) is 191 Å².